The van der Waals surface area contributed by atoms with Crippen LogP contribution in [0.15, 0.2) is 0 Å². The Morgan fingerprint density at radius 1 is 1.53 bits per heavy atom. The highest BCUT2D eigenvalue weighted by atomic mass is 16.2. The van der Waals surface area contributed by atoms with E-state index in [1.165, 1.54) is 6.42 Å². The van der Waals surface area contributed by atoms with E-state index in [0.29, 0.717) is 5.92 Å². The molecule has 0 spiro atoms. The standard InChI is InChI=1S/C11H21N3O/c1-14-6-2-3-10(14)11(15)13-8-9-4-5-12-7-9/h9-10,12H,2-8H2,1H3,(H,13,15). The Hall–Kier alpha value is -0.610. The maximum absolute atomic E-state index is 11.8. The summed E-state index contributed by atoms with van der Waals surface area (Å²) in [5, 5.41) is 6.39. The molecule has 0 aliphatic carbocycles. The number of likely N-dealkylation sites (N-methyl/N-ethyl adjacent to an activating group) is 1. The monoisotopic (exact) mass is 211 g/mol. The molecule has 2 unspecified atom stereocenters. The minimum Gasteiger partial charge on any atom is -0.354 e. The molecule has 86 valence electrons. The van der Waals surface area contributed by atoms with Crippen LogP contribution in [0.4, 0.5) is 0 Å². The van der Waals surface area contributed by atoms with Gasteiger partial charge < -0.3 is 10.6 Å². The van der Waals surface area contributed by atoms with E-state index < -0.39 is 0 Å². The second kappa shape index (κ2) is 4.94. The van der Waals surface area contributed by atoms with Gasteiger partial charge in [-0.1, -0.05) is 0 Å². The van der Waals surface area contributed by atoms with Crippen LogP contribution in [0, 0.1) is 5.92 Å². The average molecular weight is 211 g/mol. The van der Waals surface area contributed by atoms with Crippen LogP contribution >= 0.6 is 0 Å². The highest BCUT2D eigenvalue weighted by molar-refractivity contribution is 5.81. The lowest BCUT2D eigenvalue weighted by molar-refractivity contribution is -0.125. The van der Waals surface area contributed by atoms with Crippen molar-refractivity contribution in [2.45, 2.75) is 25.3 Å². The van der Waals surface area contributed by atoms with Crippen LogP contribution in [0.5, 0.6) is 0 Å². The van der Waals surface area contributed by atoms with E-state index in [4.69, 9.17) is 0 Å². The molecule has 1 amide bonds. The van der Waals surface area contributed by atoms with E-state index in [1.807, 2.05) is 7.05 Å². The van der Waals surface area contributed by atoms with Crippen molar-refractivity contribution in [1.29, 1.82) is 0 Å². The summed E-state index contributed by atoms with van der Waals surface area (Å²) in [4.78, 5) is 14.0. The Balaban J connectivity index is 1.71. The van der Waals surface area contributed by atoms with Crippen molar-refractivity contribution >= 4 is 5.91 Å². The molecule has 0 bridgehead atoms. The molecule has 4 heteroatoms. The van der Waals surface area contributed by atoms with Crippen molar-refractivity contribution < 1.29 is 4.79 Å². The van der Waals surface area contributed by atoms with E-state index in [0.717, 1.165) is 39.0 Å². The van der Waals surface area contributed by atoms with Crippen LogP contribution in [-0.2, 0) is 4.79 Å². The highest BCUT2D eigenvalue weighted by Gasteiger charge is 2.28. The molecule has 0 radical (unpaired) electrons. The minimum atomic E-state index is 0.124. The van der Waals surface area contributed by atoms with Gasteiger partial charge in [0.1, 0.15) is 0 Å². The SMILES string of the molecule is CN1CCCC1C(=O)NCC1CCNC1. The third-order valence-electron chi connectivity index (χ3n) is 3.55. The van der Waals surface area contributed by atoms with Crippen LogP contribution < -0.4 is 10.6 Å². The zero-order chi connectivity index (χ0) is 10.7. The number of hydrogen-bond donors (Lipinski definition) is 2. The van der Waals surface area contributed by atoms with Crippen LogP contribution in [0.1, 0.15) is 19.3 Å². The van der Waals surface area contributed by atoms with E-state index in [9.17, 15) is 4.79 Å². The number of carbonyl (C=O) groups excluding carboxylic acids is 1. The summed E-state index contributed by atoms with van der Waals surface area (Å²) in [6.07, 6.45) is 3.37. The lowest BCUT2D eigenvalue weighted by atomic mass is 10.1. The smallest absolute Gasteiger partial charge is 0.237 e. The normalized spacial score (nSPS) is 32.1. The fourth-order valence-corrected chi connectivity index (χ4v) is 2.49. The zero-order valence-corrected chi connectivity index (χ0v) is 9.46. The largest absolute Gasteiger partial charge is 0.354 e. The molecular weight excluding hydrogens is 190 g/mol. The maximum atomic E-state index is 11.8. The Bertz CT molecular complexity index is 226. The average Bonchev–Trinajstić information content (AvgIpc) is 2.84. The topological polar surface area (TPSA) is 44.4 Å². The zero-order valence-electron chi connectivity index (χ0n) is 9.46. The summed E-state index contributed by atoms with van der Waals surface area (Å²) in [6, 6.07) is 0.124. The van der Waals surface area contributed by atoms with Crippen molar-refractivity contribution in [2.75, 3.05) is 33.2 Å². The molecule has 15 heavy (non-hydrogen) atoms. The predicted molar refractivity (Wildman–Crippen MR) is 59.6 cm³/mol. The maximum Gasteiger partial charge on any atom is 0.237 e. The molecule has 2 N–H and O–H groups in total. The van der Waals surface area contributed by atoms with Gasteiger partial charge in [-0.25, -0.2) is 0 Å². The fourth-order valence-electron chi connectivity index (χ4n) is 2.49. The van der Waals surface area contributed by atoms with Gasteiger partial charge in [-0.15, -0.1) is 0 Å². The number of nitrogens with one attached hydrogen (secondary N) is 2. The van der Waals surface area contributed by atoms with Gasteiger partial charge in [0.25, 0.3) is 0 Å². The van der Waals surface area contributed by atoms with Gasteiger partial charge in [0, 0.05) is 6.54 Å². The van der Waals surface area contributed by atoms with Gasteiger partial charge in [-0.2, -0.15) is 0 Å². The van der Waals surface area contributed by atoms with Crippen molar-refractivity contribution in [3.63, 3.8) is 0 Å². The molecule has 0 aromatic heterocycles. The molecule has 2 heterocycles. The first kappa shape index (κ1) is 10.9. The van der Waals surface area contributed by atoms with E-state index in [2.05, 4.69) is 15.5 Å². The van der Waals surface area contributed by atoms with Gasteiger partial charge in [0.05, 0.1) is 6.04 Å². The molecule has 4 nitrogen and oxygen atoms in total. The number of hydrogen-bond acceptors (Lipinski definition) is 3. The summed E-state index contributed by atoms with van der Waals surface area (Å²) < 4.78 is 0. The van der Waals surface area contributed by atoms with E-state index >= 15 is 0 Å². The quantitative estimate of drug-likeness (QED) is 0.680. The fraction of sp³-hybridized carbons (Fsp3) is 0.909. The van der Waals surface area contributed by atoms with Crippen molar-refractivity contribution in [3.05, 3.63) is 0 Å². The molecule has 0 aromatic rings. The number of nitrogens with zero attached hydrogens (tertiary/aromatic N) is 1. The molecule has 2 rings (SSSR count). The molecule has 2 atom stereocenters. The summed E-state index contributed by atoms with van der Waals surface area (Å²) in [5.41, 5.74) is 0. The Labute approximate surface area is 91.4 Å². The number of carbonyl (C=O) groups is 1. The molecule has 2 saturated heterocycles. The summed E-state index contributed by atoms with van der Waals surface area (Å²) >= 11 is 0. The van der Waals surface area contributed by atoms with Gasteiger partial charge in [0.2, 0.25) is 5.91 Å². The third-order valence-corrected chi connectivity index (χ3v) is 3.55. The predicted octanol–water partition coefficient (Wildman–Crippen LogP) is -0.194. The van der Waals surface area contributed by atoms with Gasteiger partial charge in [-0.05, 0) is 51.9 Å². The molecule has 2 aliphatic rings. The molecular formula is C11H21N3O. The second-order valence-electron chi connectivity index (χ2n) is 4.74. The lowest BCUT2D eigenvalue weighted by Gasteiger charge is -2.19. The van der Waals surface area contributed by atoms with E-state index in [-0.39, 0.29) is 11.9 Å². The Kier molecular flexibility index (Phi) is 3.59. The minimum absolute atomic E-state index is 0.124. The highest BCUT2D eigenvalue weighted by Crippen LogP contribution is 2.14. The lowest BCUT2D eigenvalue weighted by Crippen LogP contribution is -2.43. The summed E-state index contributed by atoms with van der Waals surface area (Å²) in [7, 11) is 2.04. The summed E-state index contributed by atoms with van der Waals surface area (Å²) in [6.45, 7) is 4.06. The molecule has 2 aliphatic heterocycles. The van der Waals surface area contributed by atoms with Crippen molar-refractivity contribution in [2.24, 2.45) is 5.92 Å². The van der Waals surface area contributed by atoms with Gasteiger partial charge >= 0.3 is 0 Å². The molecule has 2 fully saturated rings. The Morgan fingerprint density at radius 3 is 3.00 bits per heavy atom. The second-order valence-corrected chi connectivity index (χ2v) is 4.74. The summed E-state index contributed by atoms with van der Waals surface area (Å²) in [5.74, 6) is 0.863. The van der Waals surface area contributed by atoms with Crippen LogP contribution in [-0.4, -0.2) is 50.1 Å². The van der Waals surface area contributed by atoms with E-state index in [1.54, 1.807) is 0 Å². The van der Waals surface area contributed by atoms with Gasteiger partial charge in [-0.3, -0.25) is 9.69 Å². The van der Waals surface area contributed by atoms with Crippen LogP contribution in [0.3, 0.4) is 0 Å². The number of rotatable bonds is 3. The number of likely N-dealkylation sites (tertiary alicyclic amines) is 1. The van der Waals surface area contributed by atoms with Crippen LogP contribution in [0.25, 0.3) is 0 Å². The first-order chi connectivity index (χ1) is 7.27. The van der Waals surface area contributed by atoms with Crippen molar-refractivity contribution in [3.8, 4) is 0 Å². The number of amides is 1. The third kappa shape index (κ3) is 2.69. The van der Waals surface area contributed by atoms with Crippen LogP contribution in [0.2, 0.25) is 0 Å². The van der Waals surface area contributed by atoms with Crippen molar-refractivity contribution in [1.82, 2.24) is 15.5 Å². The molecule has 0 aromatic carbocycles. The first-order valence-corrected chi connectivity index (χ1v) is 5.96. The Morgan fingerprint density at radius 2 is 2.40 bits per heavy atom. The van der Waals surface area contributed by atoms with Gasteiger partial charge in [0.15, 0.2) is 0 Å². The first-order valence-electron chi connectivity index (χ1n) is 5.96. The molecule has 0 saturated carbocycles.